The number of hydrogen-bond donors (Lipinski definition) is 1. The fourth-order valence-electron chi connectivity index (χ4n) is 2.49. The number of nitrogens with zero attached hydrogens (tertiary/aromatic N) is 4. The number of carbonyl (C=O) groups is 2. The molecule has 3 aromatic rings. The zero-order valence-corrected chi connectivity index (χ0v) is 15.7. The van der Waals surface area contributed by atoms with E-state index in [-0.39, 0.29) is 34.6 Å². The molecular weight excluding hydrogens is 370 g/mol. The minimum absolute atomic E-state index is 0.0714. The van der Waals surface area contributed by atoms with Gasteiger partial charge < -0.3 is 10.1 Å². The van der Waals surface area contributed by atoms with Gasteiger partial charge in [0.25, 0.3) is 11.5 Å². The van der Waals surface area contributed by atoms with Crippen LogP contribution in [-0.2, 0) is 4.74 Å². The average Bonchev–Trinajstić information content (AvgIpc) is 3.10. The molecule has 1 amide bonds. The molecule has 10 heteroatoms. The predicted molar refractivity (Wildman–Crippen MR) is 100 cm³/mol. The van der Waals surface area contributed by atoms with E-state index in [1.54, 1.807) is 45.0 Å². The summed E-state index contributed by atoms with van der Waals surface area (Å²) in [6, 6.07) is 6.52. The van der Waals surface area contributed by atoms with Crippen LogP contribution in [0.15, 0.2) is 29.1 Å². The molecule has 9 nitrogen and oxygen atoms in total. The molecule has 0 fully saturated rings. The van der Waals surface area contributed by atoms with Crippen molar-refractivity contribution in [1.82, 2.24) is 19.4 Å². The van der Waals surface area contributed by atoms with Crippen LogP contribution in [0.4, 0.5) is 5.00 Å². The number of carbonyl (C=O) groups excluding carboxylic acids is 2. The Bertz CT molecular complexity index is 1070. The van der Waals surface area contributed by atoms with Crippen molar-refractivity contribution in [2.24, 2.45) is 0 Å². The van der Waals surface area contributed by atoms with Crippen LogP contribution >= 0.6 is 11.5 Å². The number of benzene rings is 1. The second-order valence-corrected chi connectivity index (χ2v) is 6.62. The first-order valence-electron chi connectivity index (χ1n) is 8.26. The molecule has 0 aliphatic rings. The molecular formula is C17H17N5O4S. The lowest BCUT2D eigenvalue weighted by atomic mass is 10.1. The van der Waals surface area contributed by atoms with Crippen LogP contribution in [-0.4, -0.2) is 37.9 Å². The van der Waals surface area contributed by atoms with Crippen LogP contribution in [0.1, 0.15) is 47.8 Å². The lowest BCUT2D eigenvalue weighted by molar-refractivity contribution is 0.0520. The van der Waals surface area contributed by atoms with Crippen molar-refractivity contribution in [1.29, 1.82) is 0 Å². The Balaban J connectivity index is 2.05. The second-order valence-electron chi connectivity index (χ2n) is 5.86. The third-order valence-electron chi connectivity index (χ3n) is 3.72. The van der Waals surface area contributed by atoms with E-state index in [4.69, 9.17) is 4.74 Å². The van der Waals surface area contributed by atoms with E-state index in [1.807, 2.05) is 0 Å². The fraction of sp³-hybridized carbons (Fsp3) is 0.294. The molecule has 0 atom stereocenters. The highest BCUT2D eigenvalue weighted by molar-refractivity contribution is 7.10. The number of fused-ring (bicyclic) bond motifs is 1. The van der Waals surface area contributed by atoms with Gasteiger partial charge in [-0.2, -0.15) is 5.10 Å². The highest BCUT2D eigenvalue weighted by atomic mass is 32.1. The first-order chi connectivity index (χ1) is 12.9. The van der Waals surface area contributed by atoms with Gasteiger partial charge in [-0.25, -0.2) is 9.48 Å². The van der Waals surface area contributed by atoms with Crippen molar-refractivity contribution in [3.05, 3.63) is 46.0 Å². The standard InChI is InChI=1S/C17H17N5O4S/c1-4-26-17(25)13-15(27-21-19-13)18-14(23)12-10-7-5-6-8-11(10)16(24)22(20-12)9(2)3/h5-9H,4H2,1-3H3,(H,18,23). The van der Waals surface area contributed by atoms with Crippen molar-refractivity contribution >= 4 is 39.2 Å². The van der Waals surface area contributed by atoms with Gasteiger partial charge in [0.1, 0.15) is 0 Å². The molecule has 27 heavy (non-hydrogen) atoms. The van der Waals surface area contributed by atoms with Crippen LogP contribution in [0.2, 0.25) is 0 Å². The maximum atomic E-state index is 12.9. The van der Waals surface area contributed by atoms with Crippen LogP contribution in [0, 0.1) is 0 Å². The molecule has 1 N–H and O–H groups in total. The largest absolute Gasteiger partial charge is 0.461 e. The van der Waals surface area contributed by atoms with Gasteiger partial charge in [0.15, 0.2) is 10.7 Å². The van der Waals surface area contributed by atoms with E-state index in [1.165, 1.54) is 4.68 Å². The van der Waals surface area contributed by atoms with Crippen molar-refractivity contribution < 1.29 is 14.3 Å². The number of amides is 1. The van der Waals surface area contributed by atoms with E-state index in [0.717, 1.165) is 11.5 Å². The first-order valence-corrected chi connectivity index (χ1v) is 9.03. The highest BCUT2D eigenvalue weighted by Gasteiger charge is 2.23. The number of hydrogen-bond acceptors (Lipinski definition) is 8. The molecule has 1 aromatic carbocycles. The molecule has 0 saturated heterocycles. The summed E-state index contributed by atoms with van der Waals surface area (Å²) in [5.41, 5.74) is -0.275. The zero-order valence-electron chi connectivity index (χ0n) is 14.9. The summed E-state index contributed by atoms with van der Waals surface area (Å²) in [5, 5.41) is 11.5. The normalized spacial score (nSPS) is 11.0. The van der Waals surface area contributed by atoms with Crippen molar-refractivity contribution in [2.45, 2.75) is 26.8 Å². The van der Waals surface area contributed by atoms with Crippen LogP contribution in [0.25, 0.3) is 10.8 Å². The summed E-state index contributed by atoms with van der Waals surface area (Å²) < 4.78 is 9.86. The van der Waals surface area contributed by atoms with E-state index >= 15 is 0 Å². The number of anilines is 1. The van der Waals surface area contributed by atoms with E-state index in [2.05, 4.69) is 20.0 Å². The molecule has 0 spiro atoms. The summed E-state index contributed by atoms with van der Waals surface area (Å²) in [6.07, 6.45) is 0. The van der Waals surface area contributed by atoms with Crippen LogP contribution in [0.3, 0.4) is 0 Å². The van der Waals surface area contributed by atoms with Gasteiger partial charge in [0.05, 0.1) is 18.0 Å². The number of aromatic nitrogens is 4. The SMILES string of the molecule is CCOC(=O)c1nnsc1NC(=O)c1nn(C(C)C)c(=O)c2ccccc12. The summed E-state index contributed by atoms with van der Waals surface area (Å²) in [5.74, 6) is -1.25. The smallest absolute Gasteiger partial charge is 0.362 e. The lowest BCUT2D eigenvalue weighted by Gasteiger charge is -2.13. The molecule has 0 saturated carbocycles. The monoisotopic (exact) mass is 387 g/mol. The fourth-order valence-corrected chi connectivity index (χ4v) is 3.05. The molecule has 3 rings (SSSR count). The Morgan fingerprint density at radius 1 is 1.22 bits per heavy atom. The molecule has 0 aliphatic heterocycles. The van der Waals surface area contributed by atoms with Crippen LogP contribution in [0.5, 0.6) is 0 Å². The number of esters is 1. The van der Waals surface area contributed by atoms with E-state index in [0.29, 0.717) is 10.8 Å². The summed E-state index contributed by atoms with van der Waals surface area (Å²) in [4.78, 5) is 37.3. The molecule has 2 heterocycles. The van der Waals surface area contributed by atoms with Gasteiger partial charge in [-0.05, 0) is 26.8 Å². The van der Waals surface area contributed by atoms with Gasteiger partial charge in [-0.1, -0.05) is 22.7 Å². The predicted octanol–water partition coefficient (Wildman–Crippen LogP) is 2.26. The Kier molecular flexibility index (Phi) is 5.26. The van der Waals surface area contributed by atoms with Crippen molar-refractivity contribution in [3.8, 4) is 0 Å². The summed E-state index contributed by atoms with van der Waals surface area (Å²) in [7, 11) is 0. The molecule has 0 aliphatic carbocycles. The van der Waals surface area contributed by atoms with E-state index in [9.17, 15) is 14.4 Å². The highest BCUT2D eigenvalue weighted by Crippen LogP contribution is 2.21. The van der Waals surface area contributed by atoms with E-state index < -0.39 is 11.9 Å². The number of rotatable bonds is 5. The molecule has 2 aromatic heterocycles. The molecule has 0 radical (unpaired) electrons. The maximum absolute atomic E-state index is 12.9. The third-order valence-corrected chi connectivity index (χ3v) is 4.36. The van der Waals surface area contributed by atoms with Gasteiger partial charge in [-0.15, -0.1) is 5.10 Å². The van der Waals surface area contributed by atoms with Crippen molar-refractivity contribution in [3.63, 3.8) is 0 Å². The van der Waals surface area contributed by atoms with Gasteiger partial charge in [0.2, 0.25) is 5.69 Å². The quantitative estimate of drug-likeness (QED) is 0.668. The van der Waals surface area contributed by atoms with Gasteiger partial charge in [-0.3, -0.25) is 9.59 Å². The summed E-state index contributed by atoms with van der Waals surface area (Å²) >= 11 is 0.856. The molecule has 0 unspecified atom stereocenters. The summed E-state index contributed by atoms with van der Waals surface area (Å²) in [6.45, 7) is 5.45. The topological polar surface area (TPSA) is 116 Å². The Morgan fingerprint density at radius 2 is 1.93 bits per heavy atom. The minimum atomic E-state index is -0.675. The zero-order chi connectivity index (χ0) is 19.6. The third kappa shape index (κ3) is 3.56. The Morgan fingerprint density at radius 3 is 2.59 bits per heavy atom. The van der Waals surface area contributed by atoms with Gasteiger partial charge >= 0.3 is 5.97 Å². The first kappa shape index (κ1) is 18.6. The molecule has 0 bridgehead atoms. The van der Waals surface area contributed by atoms with Gasteiger partial charge in [0, 0.05) is 16.9 Å². The second kappa shape index (κ2) is 7.62. The van der Waals surface area contributed by atoms with Crippen molar-refractivity contribution in [2.75, 3.05) is 11.9 Å². The number of nitrogens with one attached hydrogen (secondary N) is 1. The maximum Gasteiger partial charge on any atom is 0.362 e. The number of ether oxygens (including phenoxy) is 1. The lowest BCUT2D eigenvalue weighted by Crippen LogP contribution is -2.29. The minimum Gasteiger partial charge on any atom is -0.461 e. The molecule has 140 valence electrons. The average molecular weight is 387 g/mol. The Labute approximate surface area is 158 Å². The van der Waals surface area contributed by atoms with Crippen LogP contribution < -0.4 is 10.9 Å². The Hall–Kier alpha value is -3.14.